The highest BCUT2D eigenvalue weighted by molar-refractivity contribution is 5.77. The molecule has 3 N–H and O–H groups in total. The molecule has 0 spiro atoms. The summed E-state index contributed by atoms with van der Waals surface area (Å²) in [5.41, 5.74) is 5.75. The van der Waals surface area contributed by atoms with Crippen molar-refractivity contribution in [1.82, 2.24) is 5.32 Å². The zero-order valence-electron chi connectivity index (χ0n) is 15.1. The van der Waals surface area contributed by atoms with Crippen LogP contribution in [-0.4, -0.2) is 17.0 Å². The topological polar surface area (TPSA) is 55.1 Å². The fourth-order valence-corrected chi connectivity index (χ4v) is 3.54. The fourth-order valence-electron chi connectivity index (χ4n) is 3.54. The normalized spacial score (nSPS) is 14.3. The Morgan fingerprint density at radius 1 is 0.900 bits per heavy atom. The minimum atomic E-state index is -0.280. The monoisotopic (exact) mass is 284 g/mol. The van der Waals surface area contributed by atoms with E-state index in [1.807, 2.05) is 27.7 Å². The Morgan fingerprint density at radius 2 is 1.35 bits per heavy atom. The lowest BCUT2D eigenvalue weighted by molar-refractivity contribution is -0.125. The second-order valence-electron chi connectivity index (χ2n) is 9.68. The second kappa shape index (κ2) is 6.05. The second-order valence-corrected chi connectivity index (χ2v) is 9.68. The molecule has 0 atom stereocenters. The minimum Gasteiger partial charge on any atom is -0.351 e. The van der Waals surface area contributed by atoms with Crippen molar-refractivity contribution in [2.75, 3.05) is 0 Å². The summed E-state index contributed by atoms with van der Waals surface area (Å²) in [5, 5.41) is 3.14. The third kappa shape index (κ3) is 10.2. The van der Waals surface area contributed by atoms with E-state index in [2.05, 4.69) is 39.9 Å². The van der Waals surface area contributed by atoms with E-state index in [-0.39, 0.29) is 27.8 Å². The lowest BCUT2D eigenvalue weighted by Crippen LogP contribution is -2.51. The molecule has 0 saturated carbocycles. The van der Waals surface area contributed by atoms with Gasteiger partial charge in [-0.3, -0.25) is 4.79 Å². The van der Waals surface area contributed by atoms with Crippen molar-refractivity contribution in [3.63, 3.8) is 0 Å². The molecular weight excluding hydrogens is 248 g/mol. The first-order valence-electron chi connectivity index (χ1n) is 7.61. The van der Waals surface area contributed by atoms with Crippen molar-refractivity contribution in [2.24, 2.45) is 16.6 Å². The number of carbonyl (C=O) groups excluding carboxylic acids is 1. The van der Waals surface area contributed by atoms with Gasteiger partial charge in [0, 0.05) is 17.5 Å². The maximum absolute atomic E-state index is 12.3. The Labute approximate surface area is 126 Å². The molecule has 0 unspecified atom stereocenters. The van der Waals surface area contributed by atoms with Gasteiger partial charge in [0.25, 0.3) is 0 Å². The Hall–Kier alpha value is -0.570. The van der Waals surface area contributed by atoms with Crippen LogP contribution in [0, 0.1) is 10.8 Å². The van der Waals surface area contributed by atoms with Crippen LogP contribution in [0.1, 0.15) is 81.6 Å². The molecule has 0 aromatic heterocycles. The van der Waals surface area contributed by atoms with Gasteiger partial charge in [0.1, 0.15) is 0 Å². The molecule has 0 saturated heterocycles. The van der Waals surface area contributed by atoms with Crippen LogP contribution >= 0.6 is 0 Å². The maximum atomic E-state index is 12.3. The van der Waals surface area contributed by atoms with E-state index < -0.39 is 0 Å². The average Bonchev–Trinajstić information content (AvgIpc) is 1.86. The summed E-state index contributed by atoms with van der Waals surface area (Å²) in [7, 11) is 0. The fraction of sp³-hybridized carbons (Fsp3) is 0.941. The van der Waals surface area contributed by atoms with Crippen molar-refractivity contribution >= 4 is 5.91 Å². The Morgan fingerprint density at radius 3 is 1.70 bits per heavy atom. The van der Waals surface area contributed by atoms with E-state index in [1.165, 1.54) is 0 Å². The van der Waals surface area contributed by atoms with Crippen LogP contribution < -0.4 is 11.1 Å². The molecule has 20 heavy (non-hydrogen) atoms. The van der Waals surface area contributed by atoms with Crippen molar-refractivity contribution < 1.29 is 4.79 Å². The number of hydrogen-bond donors (Lipinski definition) is 2. The van der Waals surface area contributed by atoms with Gasteiger partial charge in [0.05, 0.1) is 0 Å². The van der Waals surface area contributed by atoms with Crippen molar-refractivity contribution in [1.29, 1.82) is 0 Å². The standard InChI is InChI=1S/C17H36N2O/c1-14(2,3)11-15(4,5)10-13(20)19-17(8,9)12-16(6,7)18/h10-12,18H2,1-9H3,(H,19,20). The van der Waals surface area contributed by atoms with E-state index in [1.54, 1.807) is 0 Å². The largest absolute Gasteiger partial charge is 0.351 e. The summed E-state index contributed by atoms with van der Waals surface area (Å²) in [6.07, 6.45) is 2.33. The first-order valence-corrected chi connectivity index (χ1v) is 7.61. The molecular formula is C17H36N2O. The van der Waals surface area contributed by atoms with Gasteiger partial charge in [-0.2, -0.15) is 0 Å². The number of rotatable bonds is 6. The first kappa shape index (κ1) is 19.4. The third-order valence-corrected chi connectivity index (χ3v) is 3.02. The van der Waals surface area contributed by atoms with E-state index >= 15 is 0 Å². The number of nitrogens with one attached hydrogen (secondary N) is 1. The predicted molar refractivity (Wildman–Crippen MR) is 87.6 cm³/mol. The SMILES string of the molecule is CC(C)(C)CC(C)(C)CC(=O)NC(C)(C)CC(C)(C)N. The van der Waals surface area contributed by atoms with Gasteiger partial charge in [-0.05, 0) is 51.4 Å². The van der Waals surface area contributed by atoms with Crippen LogP contribution in [-0.2, 0) is 4.79 Å². The van der Waals surface area contributed by atoms with Crippen LogP contribution in [0.4, 0.5) is 0 Å². The molecule has 0 aliphatic heterocycles. The molecule has 0 fully saturated rings. The van der Waals surface area contributed by atoms with E-state index in [4.69, 9.17) is 5.73 Å². The summed E-state index contributed by atoms with van der Waals surface area (Å²) in [4.78, 5) is 12.3. The summed E-state index contributed by atoms with van der Waals surface area (Å²) in [6, 6.07) is 0. The van der Waals surface area contributed by atoms with E-state index in [9.17, 15) is 4.79 Å². The molecule has 0 heterocycles. The van der Waals surface area contributed by atoms with Crippen LogP contribution in [0.25, 0.3) is 0 Å². The quantitative estimate of drug-likeness (QED) is 0.778. The summed E-state index contributed by atoms with van der Waals surface area (Å²) < 4.78 is 0. The van der Waals surface area contributed by atoms with Gasteiger partial charge in [0.15, 0.2) is 0 Å². The Bertz CT molecular complexity index is 298. The molecule has 1 amide bonds. The maximum Gasteiger partial charge on any atom is 0.220 e. The molecule has 0 aliphatic rings. The zero-order chi connectivity index (χ0) is 16.4. The van der Waals surface area contributed by atoms with Crippen LogP contribution in [0.3, 0.4) is 0 Å². The number of carbonyl (C=O) groups is 1. The van der Waals surface area contributed by atoms with E-state index in [0.29, 0.717) is 6.42 Å². The van der Waals surface area contributed by atoms with Gasteiger partial charge in [0.2, 0.25) is 5.91 Å². The van der Waals surface area contributed by atoms with Crippen molar-refractivity contribution in [3.8, 4) is 0 Å². The highest BCUT2D eigenvalue weighted by Crippen LogP contribution is 2.35. The molecule has 0 rings (SSSR count). The minimum absolute atomic E-state index is 0.0106. The Kier molecular flexibility index (Phi) is 5.87. The third-order valence-electron chi connectivity index (χ3n) is 3.02. The van der Waals surface area contributed by atoms with Gasteiger partial charge in [-0.1, -0.05) is 34.6 Å². The molecule has 0 aliphatic carbocycles. The highest BCUT2D eigenvalue weighted by atomic mass is 16.1. The summed E-state index contributed by atoms with van der Waals surface area (Å²) >= 11 is 0. The first-order chi connectivity index (χ1) is 8.52. The molecule has 3 heteroatoms. The highest BCUT2D eigenvalue weighted by Gasteiger charge is 2.31. The van der Waals surface area contributed by atoms with Crippen LogP contribution in [0.5, 0.6) is 0 Å². The lowest BCUT2D eigenvalue weighted by Gasteiger charge is -2.36. The van der Waals surface area contributed by atoms with Gasteiger partial charge in [-0.25, -0.2) is 0 Å². The van der Waals surface area contributed by atoms with Crippen molar-refractivity contribution in [3.05, 3.63) is 0 Å². The lowest BCUT2D eigenvalue weighted by atomic mass is 9.74. The molecule has 3 nitrogen and oxygen atoms in total. The average molecular weight is 284 g/mol. The molecule has 0 aromatic carbocycles. The summed E-state index contributed by atoms with van der Waals surface area (Å²) in [6.45, 7) is 19.0. The molecule has 0 bridgehead atoms. The van der Waals surface area contributed by atoms with Gasteiger partial charge in [-0.15, -0.1) is 0 Å². The predicted octanol–water partition coefficient (Wildman–Crippen LogP) is 3.86. The molecule has 0 aromatic rings. The van der Waals surface area contributed by atoms with E-state index in [0.717, 1.165) is 12.8 Å². The molecule has 0 radical (unpaired) electrons. The molecule has 120 valence electrons. The number of nitrogens with two attached hydrogens (primary N) is 1. The van der Waals surface area contributed by atoms with Crippen molar-refractivity contribution in [2.45, 2.75) is 92.7 Å². The van der Waals surface area contributed by atoms with Gasteiger partial charge < -0.3 is 11.1 Å². The smallest absolute Gasteiger partial charge is 0.220 e. The number of amides is 1. The van der Waals surface area contributed by atoms with Crippen LogP contribution in [0.2, 0.25) is 0 Å². The Balaban J connectivity index is 4.56. The zero-order valence-corrected chi connectivity index (χ0v) is 15.1. The van der Waals surface area contributed by atoms with Gasteiger partial charge >= 0.3 is 0 Å². The summed E-state index contributed by atoms with van der Waals surface area (Å²) in [5.74, 6) is 0.119. The number of hydrogen-bond acceptors (Lipinski definition) is 2. The van der Waals surface area contributed by atoms with Crippen LogP contribution in [0.15, 0.2) is 0 Å².